The minimum atomic E-state index is -0.620. The Morgan fingerprint density at radius 3 is 2.83 bits per heavy atom. The van der Waals surface area contributed by atoms with Gasteiger partial charge in [-0.3, -0.25) is 4.79 Å². The Balaban J connectivity index is 2.28. The third kappa shape index (κ3) is 2.26. The van der Waals surface area contributed by atoms with Crippen LogP contribution in [0, 0.1) is 5.92 Å². The molecule has 0 saturated heterocycles. The van der Waals surface area contributed by atoms with Crippen molar-refractivity contribution in [2.45, 2.75) is 26.4 Å². The molecule has 1 atom stereocenters. The van der Waals surface area contributed by atoms with Crippen molar-refractivity contribution in [2.75, 3.05) is 18.0 Å². The smallest absolute Gasteiger partial charge is 0.229 e. The van der Waals surface area contributed by atoms with Gasteiger partial charge in [0.05, 0.1) is 6.10 Å². The van der Waals surface area contributed by atoms with Crippen LogP contribution in [0.1, 0.15) is 31.1 Å². The number of aliphatic hydroxyl groups excluding tert-OH is 1. The summed E-state index contributed by atoms with van der Waals surface area (Å²) in [5, 5.41) is 9.72. The molecule has 0 spiro atoms. The fraction of sp³-hybridized carbons (Fsp3) is 0.500. The zero-order valence-corrected chi connectivity index (χ0v) is 10.9. The fourth-order valence-electron chi connectivity index (χ4n) is 2.31. The van der Waals surface area contributed by atoms with Gasteiger partial charge in [-0.15, -0.1) is 0 Å². The molecule has 1 unspecified atom stereocenters. The van der Waals surface area contributed by atoms with Crippen LogP contribution in [0.5, 0.6) is 0 Å². The first-order chi connectivity index (χ1) is 8.54. The van der Waals surface area contributed by atoms with E-state index in [9.17, 15) is 9.90 Å². The van der Waals surface area contributed by atoms with Gasteiger partial charge < -0.3 is 15.7 Å². The molecule has 1 aromatic carbocycles. The number of carbonyl (C=O) groups is 1. The van der Waals surface area contributed by atoms with E-state index < -0.39 is 6.10 Å². The Morgan fingerprint density at radius 2 is 2.22 bits per heavy atom. The van der Waals surface area contributed by atoms with Crippen LogP contribution in [0.3, 0.4) is 0 Å². The molecule has 0 aromatic heterocycles. The predicted octanol–water partition coefficient (Wildman–Crippen LogP) is 1.22. The highest BCUT2D eigenvalue weighted by Crippen LogP contribution is 2.31. The minimum absolute atomic E-state index is 0.00487. The number of hydrogen-bond acceptors (Lipinski definition) is 3. The van der Waals surface area contributed by atoms with Crippen LogP contribution in [0.2, 0.25) is 0 Å². The summed E-state index contributed by atoms with van der Waals surface area (Å²) in [6, 6.07) is 5.72. The van der Waals surface area contributed by atoms with Gasteiger partial charge in [-0.1, -0.05) is 26.0 Å². The average molecular weight is 248 g/mol. The summed E-state index contributed by atoms with van der Waals surface area (Å²) < 4.78 is 0. The first-order valence-corrected chi connectivity index (χ1v) is 6.37. The van der Waals surface area contributed by atoms with Crippen molar-refractivity contribution in [1.82, 2.24) is 0 Å². The van der Waals surface area contributed by atoms with Crippen molar-refractivity contribution >= 4 is 11.6 Å². The van der Waals surface area contributed by atoms with E-state index in [4.69, 9.17) is 5.73 Å². The molecule has 0 fully saturated rings. The topological polar surface area (TPSA) is 66.6 Å². The van der Waals surface area contributed by atoms with Gasteiger partial charge >= 0.3 is 0 Å². The monoisotopic (exact) mass is 248 g/mol. The van der Waals surface area contributed by atoms with Crippen LogP contribution in [-0.2, 0) is 11.2 Å². The number of nitrogens with two attached hydrogens (primary N) is 1. The van der Waals surface area contributed by atoms with Crippen LogP contribution in [0.25, 0.3) is 0 Å². The lowest BCUT2D eigenvalue weighted by Crippen LogP contribution is -2.32. The summed E-state index contributed by atoms with van der Waals surface area (Å²) in [7, 11) is 0. The van der Waals surface area contributed by atoms with E-state index in [0.717, 1.165) is 29.8 Å². The molecule has 3 N–H and O–H groups in total. The van der Waals surface area contributed by atoms with Gasteiger partial charge in [0.2, 0.25) is 5.91 Å². The van der Waals surface area contributed by atoms with E-state index in [2.05, 4.69) is 0 Å². The van der Waals surface area contributed by atoms with E-state index in [0.29, 0.717) is 0 Å². The van der Waals surface area contributed by atoms with Gasteiger partial charge in [-0.05, 0) is 23.6 Å². The molecule has 1 heterocycles. The highest BCUT2D eigenvalue weighted by molar-refractivity contribution is 5.96. The van der Waals surface area contributed by atoms with E-state index in [1.54, 1.807) is 0 Å². The molecule has 4 heteroatoms. The minimum Gasteiger partial charge on any atom is -0.387 e. The molecule has 0 radical (unpaired) electrons. The van der Waals surface area contributed by atoms with Gasteiger partial charge in [0.15, 0.2) is 0 Å². The normalized spacial score (nSPS) is 15.9. The number of carbonyl (C=O) groups excluding carboxylic acids is 1. The van der Waals surface area contributed by atoms with Crippen molar-refractivity contribution in [1.29, 1.82) is 0 Å². The highest BCUT2D eigenvalue weighted by Gasteiger charge is 2.26. The first-order valence-electron chi connectivity index (χ1n) is 6.37. The molecule has 1 aromatic rings. The number of nitrogens with zero attached hydrogens (tertiary/aromatic N) is 1. The van der Waals surface area contributed by atoms with Crippen molar-refractivity contribution in [3.8, 4) is 0 Å². The zero-order valence-electron chi connectivity index (χ0n) is 10.9. The molecule has 1 aliphatic heterocycles. The number of anilines is 1. The van der Waals surface area contributed by atoms with E-state index in [1.165, 1.54) is 0 Å². The highest BCUT2D eigenvalue weighted by atomic mass is 16.3. The molecule has 0 bridgehead atoms. The molecule has 2 rings (SSSR count). The van der Waals surface area contributed by atoms with Crippen LogP contribution in [0.15, 0.2) is 18.2 Å². The lowest BCUT2D eigenvalue weighted by atomic mass is 10.0. The Labute approximate surface area is 107 Å². The SMILES string of the molecule is CC(C)C(=O)N1CCc2cc(C(O)CN)ccc21. The Hall–Kier alpha value is -1.39. The lowest BCUT2D eigenvalue weighted by molar-refractivity contribution is -0.121. The molecule has 1 amide bonds. The molecule has 0 aliphatic carbocycles. The van der Waals surface area contributed by atoms with E-state index in [-0.39, 0.29) is 18.4 Å². The third-order valence-corrected chi connectivity index (χ3v) is 3.37. The van der Waals surface area contributed by atoms with Crippen LogP contribution < -0.4 is 10.6 Å². The predicted molar refractivity (Wildman–Crippen MR) is 71.4 cm³/mol. The Bertz CT molecular complexity index is 457. The number of benzene rings is 1. The Morgan fingerprint density at radius 1 is 1.50 bits per heavy atom. The van der Waals surface area contributed by atoms with Crippen molar-refractivity contribution < 1.29 is 9.90 Å². The molecule has 0 saturated carbocycles. The maximum Gasteiger partial charge on any atom is 0.229 e. The molecular weight excluding hydrogens is 228 g/mol. The summed E-state index contributed by atoms with van der Waals surface area (Å²) in [5.74, 6) is 0.158. The summed E-state index contributed by atoms with van der Waals surface area (Å²) in [5.41, 5.74) is 8.37. The number of fused-ring (bicyclic) bond motifs is 1. The lowest BCUT2D eigenvalue weighted by Gasteiger charge is -2.20. The summed E-state index contributed by atoms with van der Waals surface area (Å²) in [6.07, 6.45) is 0.226. The second kappa shape index (κ2) is 5.08. The standard InChI is InChI=1S/C14H20N2O2/c1-9(2)14(18)16-6-5-10-7-11(13(17)8-15)3-4-12(10)16/h3-4,7,9,13,17H,5-6,8,15H2,1-2H3. The molecule has 98 valence electrons. The second-order valence-electron chi connectivity index (χ2n) is 5.03. The van der Waals surface area contributed by atoms with E-state index >= 15 is 0 Å². The Kier molecular flexibility index (Phi) is 3.68. The van der Waals surface area contributed by atoms with Gasteiger partial charge in [0.1, 0.15) is 0 Å². The fourth-order valence-corrected chi connectivity index (χ4v) is 2.31. The first kappa shape index (κ1) is 13.1. The van der Waals surface area contributed by atoms with Gasteiger partial charge in [-0.2, -0.15) is 0 Å². The summed E-state index contributed by atoms with van der Waals surface area (Å²) in [6.45, 7) is 4.77. The van der Waals surface area contributed by atoms with Crippen molar-refractivity contribution in [3.63, 3.8) is 0 Å². The number of amides is 1. The van der Waals surface area contributed by atoms with Crippen LogP contribution in [-0.4, -0.2) is 24.1 Å². The molecule has 4 nitrogen and oxygen atoms in total. The van der Waals surface area contributed by atoms with Gasteiger partial charge in [0.25, 0.3) is 0 Å². The number of rotatable bonds is 3. The maximum absolute atomic E-state index is 12.0. The second-order valence-corrected chi connectivity index (χ2v) is 5.03. The molecule has 18 heavy (non-hydrogen) atoms. The molecule has 1 aliphatic rings. The zero-order chi connectivity index (χ0) is 13.3. The molecular formula is C14H20N2O2. The number of hydrogen-bond donors (Lipinski definition) is 2. The summed E-state index contributed by atoms with van der Waals surface area (Å²) in [4.78, 5) is 13.9. The van der Waals surface area contributed by atoms with Crippen molar-refractivity contribution in [2.24, 2.45) is 11.7 Å². The largest absolute Gasteiger partial charge is 0.387 e. The van der Waals surface area contributed by atoms with Crippen LogP contribution in [0.4, 0.5) is 5.69 Å². The summed E-state index contributed by atoms with van der Waals surface area (Å²) >= 11 is 0. The average Bonchev–Trinajstić information content (AvgIpc) is 2.79. The van der Waals surface area contributed by atoms with Gasteiger partial charge in [0, 0.05) is 24.7 Å². The third-order valence-electron chi connectivity index (χ3n) is 3.37. The number of aliphatic hydroxyl groups is 1. The van der Waals surface area contributed by atoms with Gasteiger partial charge in [-0.25, -0.2) is 0 Å². The maximum atomic E-state index is 12.0. The van der Waals surface area contributed by atoms with Crippen LogP contribution >= 0.6 is 0 Å². The quantitative estimate of drug-likeness (QED) is 0.845. The van der Waals surface area contributed by atoms with E-state index in [1.807, 2.05) is 36.9 Å². The van der Waals surface area contributed by atoms with Crippen molar-refractivity contribution in [3.05, 3.63) is 29.3 Å².